The van der Waals surface area contributed by atoms with Crippen LogP contribution in [0.15, 0.2) is 72.9 Å². The summed E-state index contributed by atoms with van der Waals surface area (Å²) in [5, 5.41) is 87.5. The van der Waals surface area contributed by atoms with Crippen LogP contribution < -0.4 is 5.32 Å². The molecule has 0 aromatic heterocycles. The van der Waals surface area contributed by atoms with Gasteiger partial charge in [0.1, 0.15) is 48.8 Å². The van der Waals surface area contributed by atoms with E-state index >= 15 is 0 Å². The number of allylic oxidation sites excluding steroid dienone is 11. The number of aliphatic hydroxyl groups excluding tert-OH is 8. The van der Waals surface area contributed by atoms with E-state index in [9.17, 15) is 45.6 Å². The molecule has 14 nitrogen and oxygen atoms in total. The zero-order valence-corrected chi connectivity index (χ0v) is 59.2. The molecule has 542 valence electrons. The van der Waals surface area contributed by atoms with E-state index in [1.54, 1.807) is 6.08 Å². The van der Waals surface area contributed by atoms with Gasteiger partial charge in [0.2, 0.25) is 5.91 Å². The maximum atomic E-state index is 13.4. The summed E-state index contributed by atoms with van der Waals surface area (Å²) in [4.78, 5) is 13.4. The fraction of sp³-hybridized carbons (Fsp3) is 0.835. The number of ether oxygens (including phenoxy) is 4. The van der Waals surface area contributed by atoms with Gasteiger partial charge in [0, 0.05) is 6.42 Å². The van der Waals surface area contributed by atoms with Crippen molar-refractivity contribution < 1.29 is 64.6 Å². The van der Waals surface area contributed by atoms with Crippen molar-refractivity contribution in [3.63, 3.8) is 0 Å². The van der Waals surface area contributed by atoms with Crippen molar-refractivity contribution in [1.29, 1.82) is 0 Å². The summed E-state index contributed by atoms with van der Waals surface area (Å²) < 4.78 is 22.9. The molecule has 0 radical (unpaired) electrons. The maximum Gasteiger partial charge on any atom is 0.220 e. The minimum absolute atomic E-state index is 0.249. The summed E-state index contributed by atoms with van der Waals surface area (Å²) in [6.45, 7) is 2.80. The number of carbonyl (C=O) groups is 1. The molecule has 14 heteroatoms. The number of nitrogens with one attached hydrogen (secondary N) is 1. The maximum absolute atomic E-state index is 13.4. The molecule has 0 bridgehead atoms. The molecule has 2 aliphatic heterocycles. The van der Waals surface area contributed by atoms with Crippen molar-refractivity contribution in [3.8, 4) is 0 Å². The van der Waals surface area contributed by atoms with Crippen molar-refractivity contribution in [2.75, 3.05) is 19.8 Å². The molecule has 0 aromatic rings. The van der Waals surface area contributed by atoms with Crippen LogP contribution in [0, 0.1) is 0 Å². The minimum atomic E-state index is -1.79. The lowest BCUT2D eigenvalue weighted by atomic mass is 9.97. The van der Waals surface area contributed by atoms with E-state index < -0.39 is 86.8 Å². The highest BCUT2D eigenvalue weighted by atomic mass is 16.7. The third-order valence-electron chi connectivity index (χ3n) is 18.6. The molecule has 12 atom stereocenters. The van der Waals surface area contributed by atoms with E-state index in [-0.39, 0.29) is 18.9 Å². The van der Waals surface area contributed by atoms with Gasteiger partial charge in [-0.05, 0) is 83.5 Å². The van der Waals surface area contributed by atoms with Gasteiger partial charge in [-0.3, -0.25) is 4.79 Å². The number of carbonyl (C=O) groups excluding carboxylic acids is 1. The van der Waals surface area contributed by atoms with Crippen molar-refractivity contribution in [2.24, 2.45) is 0 Å². The van der Waals surface area contributed by atoms with Gasteiger partial charge >= 0.3 is 0 Å². The number of aliphatic hydroxyl groups is 8. The zero-order chi connectivity index (χ0) is 67.3. The second kappa shape index (κ2) is 62.9. The minimum Gasteiger partial charge on any atom is -0.394 e. The molecule has 2 saturated heterocycles. The lowest BCUT2D eigenvalue weighted by Gasteiger charge is -2.46. The van der Waals surface area contributed by atoms with Crippen molar-refractivity contribution in [1.82, 2.24) is 5.32 Å². The summed E-state index contributed by atoms with van der Waals surface area (Å²) in [6.07, 6.45) is 69.8. The van der Waals surface area contributed by atoms with Crippen LogP contribution >= 0.6 is 0 Å². The number of hydrogen-bond donors (Lipinski definition) is 9. The number of rotatable bonds is 64. The largest absolute Gasteiger partial charge is 0.394 e. The molecule has 12 unspecified atom stereocenters. The van der Waals surface area contributed by atoms with Gasteiger partial charge in [-0.25, -0.2) is 0 Å². The third-order valence-corrected chi connectivity index (χ3v) is 18.6. The zero-order valence-electron chi connectivity index (χ0n) is 59.2. The molecule has 0 aromatic carbocycles. The molecule has 2 heterocycles. The van der Waals surface area contributed by atoms with Gasteiger partial charge in [-0.1, -0.05) is 311 Å². The first-order chi connectivity index (χ1) is 45.6. The SMILES string of the molecule is CCCCCCC/C=C\C/C=C\C/C=C\CCCCCCCCCCCCCCCCCCCCCCCCC(=O)NC(COC1OC(CO)C(OC2OC(CO)C(O)C(O)C2O)C(O)C1O)C(O)/C=C/CC/C=C/CC/C=C/CCCCCCCCCCCCCC. The lowest BCUT2D eigenvalue weighted by molar-refractivity contribution is -0.359. The highest BCUT2D eigenvalue weighted by Gasteiger charge is 2.51. The molecule has 1 amide bonds. The molecule has 2 aliphatic rings. The summed E-state index contributed by atoms with van der Waals surface area (Å²) in [6, 6.07) is -0.941. The standard InChI is InChI=1S/C79H143NO13/c1-3-5-7-9-11-13-15-17-19-21-23-25-27-28-29-30-31-32-33-34-35-36-37-38-39-40-41-43-45-47-49-51-53-55-57-59-61-63-71(84)80-67(66-90-78-76(89)74(87)77(70(65-82)92-78)93-79-75(88)73(86)72(85)69(64-81)91-79)68(83)62-60-58-56-54-52-50-48-46-44-42-26-24-22-20-18-16-14-12-10-8-6-4-2/h15,17,21,23,27-28,44,46,52,54,60,62,67-70,72-79,81-83,85-89H,3-14,16,18-20,22,24-26,29-43,45,47-51,53,55-59,61,63-66H2,1-2H3,(H,80,84)/b17-15-,23-21-,28-27-,46-44+,54-52+,62-60+. The molecule has 2 rings (SSSR count). The Morgan fingerprint density at radius 1 is 0.387 bits per heavy atom. The first-order valence-corrected chi connectivity index (χ1v) is 38.7. The Morgan fingerprint density at radius 3 is 1.13 bits per heavy atom. The van der Waals surface area contributed by atoms with Crippen LogP contribution in [0.4, 0.5) is 0 Å². The molecule has 2 fully saturated rings. The van der Waals surface area contributed by atoms with E-state index in [1.807, 2.05) is 6.08 Å². The van der Waals surface area contributed by atoms with Gasteiger partial charge in [0.25, 0.3) is 0 Å². The molecule has 9 N–H and O–H groups in total. The van der Waals surface area contributed by atoms with Crippen molar-refractivity contribution in [3.05, 3.63) is 72.9 Å². The Kier molecular flexibility index (Phi) is 58.5. The van der Waals surface area contributed by atoms with Gasteiger partial charge < -0.3 is 65.1 Å². The van der Waals surface area contributed by atoms with E-state index in [1.165, 1.54) is 238 Å². The summed E-state index contributed by atoms with van der Waals surface area (Å²) in [7, 11) is 0. The second-order valence-corrected chi connectivity index (χ2v) is 27.1. The van der Waals surface area contributed by atoms with Crippen LogP contribution in [0.3, 0.4) is 0 Å². The van der Waals surface area contributed by atoms with Gasteiger partial charge in [-0.15, -0.1) is 0 Å². The van der Waals surface area contributed by atoms with Crippen LogP contribution in [-0.4, -0.2) is 140 Å². The van der Waals surface area contributed by atoms with Gasteiger partial charge in [0.05, 0.1) is 32.0 Å². The average molecular weight is 1320 g/mol. The Morgan fingerprint density at radius 2 is 0.720 bits per heavy atom. The molecule has 93 heavy (non-hydrogen) atoms. The van der Waals surface area contributed by atoms with E-state index in [2.05, 4.69) is 79.9 Å². The van der Waals surface area contributed by atoms with E-state index in [0.717, 1.165) is 57.8 Å². The fourth-order valence-corrected chi connectivity index (χ4v) is 12.5. The second-order valence-electron chi connectivity index (χ2n) is 27.1. The Bertz CT molecular complexity index is 1840. The first-order valence-electron chi connectivity index (χ1n) is 38.7. The van der Waals surface area contributed by atoms with Gasteiger partial charge in [0.15, 0.2) is 12.6 Å². The predicted octanol–water partition coefficient (Wildman–Crippen LogP) is 17.0. The average Bonchev–Trinajstić information content (AvgIpc) is 0.852. The number of amides is 1. The van der Waals surface area contributed by atoms with Crippen LogP contribution in [-0.2, 0) is 23.7 Å². The first kappa shape index (κ1) is 86.5. The Labute approximate surface area is 568 Å². The monoisotopic (exact) mass is 1310 g/mol. The van der Waals surface area contributed by atoms with Crippen molar-refractivity contribution >= 4 is 5.91 Å². The van der Waals surface area contributed by atoms with E-state index in [0.29, 0.717) is 12.8 Å². The van der Waals surface area contributed by atoms with Crippen LogP contribution in [0.1, 0.15) is 328 Å². The summed E-state index contributed by atoms with van der Waals surface area (Å²) >= 11 is 0. The predicted molar refractivity (Wildman–Crippen MR) is 383 cm³/mol. The Hall–Kier alpha value is -2.57. The smallest absolute Gasteiger partial charge is 0.220 e. The lowest BCUT2D eigenvalue weighted by Crippen LogP contribution is -2.65. The molecular weight excluding hydrogens is 1170 g/mol. The Balaban J connectivity index is 1.62. The summed E-state index contributed by atoms with van der Waals surface area (Å²) in [5.74, 6) is -0.249. The third kappa shape index (κ3) is 46.4. The molecule has 0 saturated carbocycles. The quantitative estimate of drug-likeness (QED) is 0.0204. The van der Waals surface area contributed by atoms with Crippen LogP contribution in [0.25, 0.3) is 0 Å². The van der Waals surface area contributed by atoms with E-state index in [4.69, 9.17) is 18.9 Å². The van der Waals surface area contributed by atoms with Crippen LogP contribution in [0.5, 0.6) is 0 Å². The molecule has 0 spiro atoms. The fourth-order valence-electron chi connectivity index (χ4n) is 12.5. The van der Waals surface area contributed by atoms with Gasteiger partial charge in [-0.2, -0.15) is 0 Å². The highest BCUT2D eigenvalue weighted by Crippen LogP contribution is 2.30. The molecular formula is C79H143NO13. The normalized spacial score (nSPS) is 22.9. The van der Waals surface area contributed by atoms with Crippen molar-refractivity contribution in [2.45, 2.75) is 402 Å². The molecule has 0 aliphatic carbocycles. The van der Waals surface area contributed by atoms with Crippen LogP contribution in [0.2, 0.25) is 0 Å². The number of hydrogen-bond acceptors (Lipinski definition) is 13. The number of unbranched alkanes of at least 4 members (excludes halogenated alkanes) is 41. The summed E-state index contributed by atoms with van der Waals surface area (Å²) in [5.41, 5.74) is 0. The highest BCUT2D eigenvalue weighted by molar-refractivity contribution is 5.76. The topological polar surface area (TPSA) is 228 Å².